The fraction of sp³-hybridized carbons (Fsp3) is 0.722. The third-order valence-corrected chi connectivity index (χ3v) is 6.13. The number of carbonyl (C=O) groups excluding carboxylic acids is 1. The number of piperidine rings is 3. The summed E-state index contributed by atoms with van der Waals surface area (Å²) in [6.07, 6.45) is 6.83. The van der Waals surface area contributed by atoms with Crippen LogP contribution in [0, 0.1) is 11.8 Å². The van der Waals surface area contributed by atoms with E-state index < -0.39 is 0 Å². The average molecular weight is 344 g/mol. The molecule has 0 unspecified atom stereocenters. The first-order chi connectivity index (χ1) is 12.1. The largest absolute Gasteiger partial charge is 0.384 e. The van der Waals surface area contributed by atoms with E-state index in [0.717, 1.165) is 32.1 Å². The van der Waals surface area contributed by atoms with E-state index in [4.69, 9.17) is 5.73 Å². The molecule has 3 aliphatic rings. The molecule has 25 heavy (non-hydrogen) atoms. The topological polar surface area (TPSA) is 87.4 Å². The van der Waals surface area contributed by atoms with E-state index in [9.17, 15) is 4.79 Å². The maximum Gasteiger partial charge on any atom is 0.227 e. The molecule has 136 valence electrons. The van der Waals surface area contributed by atoms with Crippen LogP contribution in [0.5, 0.6) is 0 Å². The van der Waals surface area contributed by atoms with Gasteiger partial charge in [-0.05, 0) is 43.7 Å². The summed E-state index contributed by atoms with van der Waals surface area (Å²) in [5.41, 5.74) is 5.86. The number of hydrogen-bond donors (Lipinski definition) is 2. The summed E-state index contributed by atoms with van der Waals surface area (Å²) in [6.45, 7) is 5.46. The van der Waals surface area contributed by atoms with Crippen molar-refractivity contribution in [1.29, 1.82) is 0 Å². The lowest BCUT2D eigenvalue weighted by Gasteiger charge is -2.56. The molecule has 4 atom stereocenters. The zero-order valence-electron chi connectivity index (χ0n) is 14.9. The number of hydrogen-bond acceptors (Lipinski definition) is 6. The summed E-state index contributed by atoms with van der Waals surface area (Å²) >= 11 is 0. The van der Waals surface area contributed by atoms with E-state index in [1.54, 1.807) is 19.2 Å². The molecule has 3 N–H and O–H groups in total. The third-order valence-electron chi connectivity index (χ3n) is 6.13. The Bertz CT molecular complexity index is 638. The second kappa shape index (κ2) is 6.78. The Morgan fingerprint density at radius 3 is 3.00 bits per heavy atom. The van der Waals surface area contributed by atoms with Gasteiger partial charge in [0.05, 0.1) is 0 Å². The lowest BCUT2D eigenvalue weighted by atomic mass is 9.72. The minimum atomic E-state index is 0.0579. The Morgan fingerprint density at radius 2 is 2.20 bits per heavy atom. The summed E-state index contributed by atoms with van der Waals surface area (Å²) in [5, 5.41) is 3.06. The van der Waals surface area contributed by atoms with Gasteiger partial charge in [-0.2, -0.15) is 4.98 Å². The van der Waals surface area contributed by atoms with Crippen molar-refractivity contribution in [3.05, 3.63) is 12.3 Å². The first-order valence-electron chi connectivity index (χ1n) is 9.45. The van der Waals surface area contributed by atoms with Crippen molar-refractivity contribution in [2.45, 2.75) is 44.7 Å². The van der Waals surface area contributed by atoms with E-state index in [2.05, 4.69) is 25.1 Å². The van der Waals surface area contributed by atoms with Crippen molar-refractivity contribution in [3.63, 3.8) is 0 Å². The van der Waals surface area contributed by atoms with Gasteiger partial charge in [0.1, 0.15) is 5.82 Å². The van der Waals surface area contributed by atoms with Crippen molar-refractivity contribution in [1.82, 2.24) is 20.2 Å². The van der Waals surface area contributed by atoms with Crippen LogP contribution in [0.25, 0.3) is 0 Å². The van der Waals surface area contributed by atoms with Gasteiger partial charge in [0.2, 0.25) is 11.9 Å². The van der Waals surface area contributed by atoms with Gasteiger partial charge in [-0.15, -0.1) is 0 Å². The molecule has 4 heterocycles. The molecule has 0 spiro atoms. The zero-order valence-corrected chi connectivity index (χ0v) is 14.9. The van der Waals surface area contributed by atoms with Gasteiger partial charge in [-0.1, -0.05) is 6.42 Å². The van der Waals surface area contributed by atoms with Crippen LogP contribution in [0.2, 0.25) is 0 Å². The minimum absolute atomic E-state index is 0.0579. The zero-order chi connectivity index (χ0) is 17.4. The number of amides is 1. The minimum Gasteiger partial charge on any atom is -0.384 e. The number of nitrogens with zero attached hydrogens (tertiary/aromatic N) is 4. The number of nitrogens with one attached hydrogen (secondary N) is 1. The second-order valence-electron chi connectivity index (χ2n) is 7.75. The maximum atomic E-state index is 11.5. The van der Waals surface area contributed by atoms with Gasteiger partial charge in [-0.3, -0.25) is 9.69 Å². The molecule has 7 nitrogen and oxygen atoms in total. The highest BCUT2D eigenvalue weighted by Gasteiger charge is 2.47. The van der Waals surface area contributed by atoms with Crippen molar-refractivity contribution in [3.8, 4) is 0 Å². The Kier molecular flexibility index (Phi) is 4.50. The number of carbonyl (C=O) groups is 1. The Hall–Kier alpha value is -1.89. The molecular formula is C18H28N6O. The number of nitrogens with two attached hydrogens (primary N) is 1. The maximum absolute atomic E-state index is 11.5. The lowest BCUT2D eigenvalue weighted by Crippen LogP contribution is -2.65. The normalized spacial score (nSPS) is 32.1. The predicted octanol–water partition coefficient (Wildman–Crippen LogP) is 0.874. The molecule has 1 aromatic rings. The van der Waals surface area contributed by atoms with E-state index in [0.29, 0.717) is 29.7 Å². The van der Waals surface area contributed by atoms with Crippen LogP contribution >= 0.6 is 0 Å². The summed E-state index contributed by atoms with van der Waals surface area (Å²) in [7, 11) is 0. The van der Waals surface area contributed by atoms with Crippen molar-refractivity contribution in [2.75, 3.05) is 36.8 Å². The summed E-state index contributed by atoms with van der Waals surface area (Å²) in [4.78, 5) is 25.3. The van der Waals surface area contributed by atoms with Crippen LogP contribution in [0.4, 0.5) is 11.8 Å². The molecule has 4 rings (SSSR count). The average Bonchev–Trinajstić information content (AvgIpc) is 2.61. The number of rotatable bonds is 3. The van der Waals surface area contributed by atoms with Crippen LogP contribution in [0.3, 0.4) is 0 Å². The lowest BCUT2D eigenvalue weighted by molar-refractivity contribution is -0.119. The molecule has 1 aromatic heterocycles. The van der Waals surface area contributed by atoms with Crippen LogP contribution < -0.4 is 16.0 Å². The third kappa shape index (κ3) is 3.29. The van der Waals surface area contributed by atoms with Crippen molar-refractivity contribution in [2.24, 2.45) is 11.8 Å². The van der Waals surface area contributed by atoms with Gasteiger partial charge in [0.25, 0.3) is 0 Å². The van der Waals surface area contributed by atoms with E-state index >= 15 is 0 Å². The van der Waals surface area contributed by atoms with Crippen LogP contribution in [0.15, 0.2) is 12.3 Å². The molecular weight excluding hydrogens is 316 g/mol. The van der Waals surface area contributed by atoms with E-state index in [1.807, 2.05) is 0 Å². The Morgan fingerprint density at radius 1 is 1.36 bits per heavy atom. The molecule has 1 amide bonds. The first kappa shape index (κ1) is 16.6. The van der Waals surface area contributed by atoms with Crippen LogP contribution in [0.1, 0.15) is 32.6 Å². The molecule has 7 heteroatoms. The quantitative estimate of drug-likeness (QED) is 0.846. The monoisotopic (exact) mass is 344 g/mol. The second-order valence-corrected chi connectivity index (χ2v) is 7.75. The molecule has 0 aliphatic carbocycles. The Labute approximate surface area is 149 Å². The number of anilines is 2. The number of aromatic nitrogens is 2. The fourth-order valence-electron chi connectivity index (χ4n) is 5.11. The Balaban J connectivity index is 1.58. The van der Waals surface area contributed by atoms with E-state index in [1.165, 1.54) is 25.7 Å². The van der Waals surface area contributed by atoms with E-state index in [-0.39, 0.29) is 5.91 Å². The highest BCUT2D eigenvalue weighted by atomic mass is 16.1. The predicted molar refractivity (Wildman–Crippen MR) is 97.1 cm³/mol. The van der Waals surface area contributed by atoms with Gasteiger partial charge >= 0.3 is 0 Å². The molecule has 0 aromatic carbocycles. The summed E-state index contributed by atoms with van der Waals surface area (Å²) in [6, 6.07) is 2.76. The molecule has 0 radical (unpaired) electrons. The van der Waals surface area contributed by atoms with Gasteiger partial charge in [0, 0.05) is 44.8 Å². The highest BCUT2D eigenvalue weighted by Crippen LogP contribution is 2.41. The van der Waals surface area contributed by atoms with Crippen molar-refractivity contribution < 1.29 is 4.79 Å². The molecule has 0 saturated carbocycles. The standard InChI is InChI=1S/C18H28N6O/c1-12(25)21-9-16-14-8-13(15-4-2-3-7-24(15)16)10-23(11-14)18-20-6-5-17(19)22-18/h5-6,13-16H,2-4,7-11H2,1H3,(H,21,25)(H2,19,20,22)/t13-,14+,15+,16+/m1/s1. The molecule has 3 saturated heterocycles. The van der Waals surface area contributed by atoms with Crippen LogP contribution in [-0.4, -0.2) is 59.0 Å². The van der Waals surface area contributed by atoms with Gasteiger partial charge < -0.3 is 16.0 Å². The highest BCUT2D eigenvalue weighted by molar-refractivity contribution is 5.72. The number of nitrogen functional groups attached to an aromatic ring is 1. The summed E-state index contributed by atoms with van der Waals surface area (Å²) < 4.78 is 0. The van der Waals surface area contributed by atoms with Crippen molar-refractivity contribution >= 4 is 17.7 Å². The first-order valence-corrected chi connectivity index (χ1v) is 9.45. The molecule has 2 bridgehead atoms. The molecule has 3 fully saturated rings. The smallest absolute Gasteiger partial charge is 0.227 e. The van der Waals surface area contributed by atoms with Gasteiger partial charge in [0.15, 0.2) is 0 Å². The SMILES string of the molecule is CC(=O)NC[C@H]1[C@H]2C[C@H](CN(c3nccc(N)n3)C2)[C@@H]2CCCCN21. The fourth-order valence-corrected chi connectivity index (χ4v) is 5.11. The van der Waals surface area contributed by atoms with Gasteiger partial charge in [-0.25, -0.2) is 4.98 Å². The molecule has 3 aliphatic heterocycles. The summed E-state index contributed by atoms with van der Waals surface area (Å²) in [5.74, 6) is 2.51. The number of fused-ring (bicyclic) bond motifs is 4. The van der Waals surface area contributed by atoms with Crippen LogP contribution in [-0.2, 0) is 4.79 Å².